The highest BCUT2D eigenvalue weighted by molar-refractivity contribution is 5.80. The number of aryl methyl sites for hydroxylation is 1. The molecule has 2 aromatic rings. The molecular formula is C22H30N4. The number of anilines is 1. The van der Waals surface area contributed by atoms with Gasteiger partial charge in [-0.25, -0.2) is 0 Å². The van der Waals surface area contributed by atoms with Crippen LogP contribution in [-0.2, 0) is 6.54 Å². The smallest absolute Gasteiger partial charge is 0.191 e. The van der Waals surface area contributed by atoms with E-state index < -0.39 is 0 Å². The first-order valence-corrected chi connectivity index (χ1v) is 9.54. The Bertz CT molecular complexity index is 747. The molecule has 1 saturated heterocycles. The standard InChI is InChI=1S/C22H30N4/c1-17-9-4-5-10-20(17)16-24-22(23-3)25-18(2)19-11-8-12-21(15-19)26-13-6-7-14-26/h4-5,8-12,15,18H,6-7,13-14,16H2,1-3H3,(H2,23,24,25). The zero-order valence-electron chi connectivity index (χ0n) is 16.1. The summed E-state index contributed by atoms with van der Waals surface area (Å²) >= 11 is 0. The van der Waals surface area contributed by atoms with Gasteiger partial charge in [0.1, 0.15) is 0 Å². The van der Waals surface area contributed by atoms with Crippen molar-refractivity contribution in [2.75, 3.05) is 25.0 Å². The Morgan fingerprint density at radius 3 is 2.62 bits per heavy atom. The van der Waals surface area contributed by atoms with Gasteiger partial charge in [-0.1, -0.05) is 36.4 Å². The van der Waals surface area contributed by atoms with E-state index in [9.17, 15) is 0 Å². The van der Waals surface area contributed by atoms with Crippen molar-refractivity contribution in [3.8, 4) is 0 Å². The monoisotopic (exact) mass is 350 g/mol. The summed E-state index contributed by atoms with van der Waals surface area (Å²) in [5, 5.41) is 6.94. The van der Waals surface area contributed by atoms with E-state index in [1.54, 1.807) is 0 Å². The maximum absolute atomic E-state index is 4.38. The van der Waals surface area contributed by atoms with Crippen molar-refractivity contribution >= 4 is 11.6 Å². The molecular weight excluding hydrogens is 320 g/mol. The number of nitrogens with zero attached hydrogens (tertiary/aromatic N) is 2. The minimum absolute atomic E-state index is 0.195. The van der Waals surface area contributed by atoms with Crippen molar-refractivity contribution < 1.29 is 0 Å². The number of hydrogen-bond acceptors (Lipinski definition) is 2. The third-order valence-electron chi connectivity index (χ3n) is 5.13. The van der Waals surface area contributed by atoms with Gasteiger partial charge >= 0.3 is 0 Å². The van der Waals surface area contributed by atoms with E-state index in [-0.39, 0.29) is 6.04 Å². The fraction of sp³-hybridized carbons (Fsp3) is 0.409. The Kier molecular flexibility index (Phi) is 6.16. The van der Waals surface area contributed by atoms with Gasteiger partial charge in [-0.05, 0) is 55.5 Å². The van der Waals surface area contributed by atoms with Crippen LogP contribution < -0.4 is 15.5 Å². The van der Waals surface area contributed by atoms with Gasteiger partial charge in [-0.3, -0.25) is 4.99 Å². The van der Waals surface area contributed by atoms with E-state index in [2.05, 4.69) is 82.9 Å². The molecule has 1 aliphatic heterocycles. The Labute approximate surface area is 157 Å². The number of guanidine groups is 1. The Morgan fingerprint density at radius 1 is 1.12 bits per heavy atom. The van der Waals surface area contributed by atoms with Crippen molar-refractivity contribution in [3.05, 3.63) is 65.2 Å². The maximum Gasteiger partial charge on any atom is 0.191 e. The summed E-state index contributed by atoms with van der Waals surface area (Å²) in [6.07, 6.45) is 2.60. The quantitative estimate of drug-likeness (QED) is 0.632. The van der Waals surface area contributed by atoms with Crippen LogP contribution in [0, 0.1) is 6.92 Å². The van der Waals surface area contributed by atoms with Crippen LogP contribution in [0.2, 0.25) is 0 Å². The Morgan fingerprint density at radius 2 is 1.88 bits per heavy atom. The molecule has 1 unspecified atom stereocenters. The van der Waals surface area contributed by atoms with Gasteiger partial charge < -0.3 is 15.5 Å². The first kappa shape index (κ1) is 18.3. The second-order valence-corrected chi connectivity index (χ2v) is 7.01. The molecule has 3 rings (SSSR count). The largest absolute Gasteiger partial charge is 0.372 e. The summed E-state index contributed by atoms with van der Waals surface area (Å²) in [6.45, 7) is 7.44. The number of hydrogen-bond donors (Lipinski definition) is 2. The highest BCUT2D eigenvalue weighted by atomic mass is 15.2. The highest BCUT2D eigenvalue weighted by Gasteiger charge is 2.14. The third-order valence-corrected chi connectivity index (χ3v) is 5.13. The van der Waals surface area contributed by atoms with E-state index in [1.807, 2.05) is 7.05 Å². The number of nitrogens with one attached hydrogen (secondary N) is 2. The second kappa shape index (κ2) is 8.75. The van der Waals surface area contributed by atoms with Crippen molar-refractivity contribution in [1.82, 2.24) is 10.6 Å². The van der Waals surface area contributed by atoms with Crippen LogP contribution in [0.15, 0.2) is 53.5 Å². The van der Waals surface area contributed by atoms with Crippen molar-refractivity contribution in [1.29, 1.82) is 0 Å². The minimum atomic E-state index is 0.195. The van der Waals surface area contributed by atoms with Crippen LogP contribution in [0.1, 0.15) is 42.5 Å². The lowest BCUT2D eigenvalue weighted by atomic mass is 10.1. The highest BCUT2D eigenvalue weighted by Crippen LogP contribution is 2.23. The molecule has 26 heavy (non-hydrogen) atoms. The molecule has 2 aromatic carbocycles. The molecule has 0 saturated carbocycles. The van der Waals surface area contributed by atoms with E-state index in [0.717, 1.165) is 12.5 Å². The van der Waals surface area contributed by atoms with Crippen LogP contribution >= 0.6 is 0 Å². The zero-order chi connectivity index (χ0) is 18.4. The molecule has 4 heteroatoms. The molecule has 0 bridgehead atoms. The molecule has 138 valence electrons. The predicted octanol–water partition coefficient (Wildman–Crippen LogP) is 4.02. The van der Waals surface area contributed by atoms with Gasteiger partial charge in [0.2, 0.25) is 0 Å². The number of aliphatic imine (C=N–C) groups is 1. The van der Waals surface area contributed by atoms with Crippen LogP contribution in [0.3, 0.4) is 0 Å². The normalized spacial score (nSPS) is 15.8. The lowest BCUT2D eigenvalue weighted by Gasteiger charge is -2.22. The van der Waals surface area contributed by atoms with Crippen LogP contribution in [-0.4, -0.2) is 26.1 Å². The van der Waals surface area contributed by atoms with E-state index in [0.29, 0.717) is 0 Å². The van der Waals surface area contributed by atoms with E-state index in [4.69, 9.17) is 0 Å². The molecule has 1 atom stereocenters. The molecule has 2 N–H and O–H groups in total. The summed E-state index contributed by atoms with van der Waals surface area (Å²) in [6, 6.07) is 17.5. The maximum atomic E-state index is 4.38. The van der Waals surface area contributed by atoms with Crippen molar-refractivity contribution in [2.24, 2.45) is 4.99 Å². The predicted molar refractivity (Wildman–Crippen MR) is 111 cm³/mol. The first-order valence-electron chi connectivity index (χ1n) is 9.54. The second-order valence-electron chi connectivity index (χ2n) is 7.01. The fourth-order valence-corrected chi connectivity index (χ4v) is 3.44. The lowest BCUT2D eigenvalue weighted by molar-refractivity contribution is 0.684. The van der Waals surface area contributed by atoms with Crippen LogP contribution in [0.5, 0.6) is 0 Å². The summed E-state index contributed by atoms with van der Waals surface area (Å²) in [5.41, 5.74) is 5.20. The summed E-state index contributed by atoms with van der Waals surface area (Å²) in [5.74, 6) is 0.826. The molecule has 0 spiro atoms. The molecule has 4 nitrogen and oxygen atoms in total. The molecule has 0 amide bonds. The summed E-state index contributed by atoms with van der Waals surface area (Å²) in [4.78, 5) is 6.86. The van der Waals surface area contributed by atoms with E-state index in [1.165, 1.54) is 48.3 Å². The number of rotatable bonds is 5. The van der Waals surface area contributed by atoms with Crippen LogP contribution in [0.25, 0.3) is 0 Å². The van der Waals surface area contributed by atoms with Crippen molar-refractivity contribution in [2.45, 2.75) is 39.3 Å². The van der Waals surface area contributed by atoms with Gasteiger partial charge in [0, 0.05) is 32.4 Å². The summed E-state index contributed by atoms with van der Waals surface area (Å²) in [7, 11) is 1.82. The van der Waals surface area contributed by atoms with E-state index >= 15 is 0 Å². The third kappa shape index (κ3) is 4.57. The van der Waals surface area contributed by atoms with Gasteiger partial charge in [0.05, 0.1) is 6.04 Å². The average Bonchev–Trinajstić information content (AvgIpc) is 3.21. The topological polar surface area (TPSA) is 39.7 Å². The average molecular weight is 351 g/mol. The Hall–Kier alpha value is -2.49. The molecule has 1 aliphatic rings. The molecule has 0 radical (unpaired) electrons. The molecule has 0 aromatic heterocycles. The van der Waals surface area contributed by atoms with Gasteiger partial charge in [0.25, 0.3) is 0 Å². The van der Waals surface area contributed by atoms with Crippen molar-refractivity contribution in [3.63, 3.8) is 0 Å². The SMILES string of the molecule is CN=C(NCc1ccccc1C)NC(C)c1cccc(N2CCCC2)c1. The van der Waals surface area contributed by atoms with Crippen LogP contribution in [0.4, 0.5) is 5.69 Å². The molecule has 1 fully saturated rings. The van der Waals surface area contributed by atoms with Gasteiger partial charge in [-0.2, -0.15) is 0 Å². The first-order chi connectivity index (χ1) is 12.7. The van der Waals surface area contributed by atoms with Gasteiger partial charge in [0.15, 0.2) is 5.96 Å². The number of benzene rings is 2. The molecule has 0 aliphatic carbocycles. The van der Waals surface area contributed by atoms with Gasteiger partial charge in [-0.15, -0.1) is 0 Å². The molecule has 1 heterocycles. The zero-order valence-corrected chi connectivity index (χ0v) is 16.1. The fourth-order valence-electron chi connectivity index (χ4n) is 3.44. The lowest BCUT2D eigenvalue weighted by Crippen LogP contribution is -2.38. The Balaban J connectivity index is 1.61. The minimum Gasteiger partial charge on any atom is -0.372 e. The summed E-state index contributed by atoms with van der Waals surface area (Å²) < 4.78 is 0.